The molecule has 0 radical (unpaired) electrons. The molecule has 25 heavy (non-hydrogen) atoms. The van der Waals surface area contributed by atoms with Gasteiger partial charge in [0.1, 0.15) is 5.71 Å². The number of rotatable bonds is 6. The van der Waals surface area contributed by atoms with Crippen molar-refractivity contribution in [2.45, 2.75) is 51.0 Å². The molecular formula is C17H26N4O4. The van der Waals surface area contributed by atoms with Crippen LogP contribution in [0.2, 0.25) is 0 Å². The van der Waals surface area contributed by atoms with Gasteiger partial charge in [-0.25, -0.2) is 5.43 Å². The molecule has 138 valence electrons. The molecule has 1 N–H and O–H groups in total. The molecule has 0 saturated carbocycles. The fourth-order valence-electron chi connectivity index (χ4n) is 3.61. The second-order valence-corrected chi connectivity index (χ2v) is 6.77. The van der Waals surface area contributed by atoms with Crippen molar-refractivity contribution in [3.63, 3.8) is 0 Å². The van der Waals surface area contributed by atoms with Crippen molar-refractivity contribution in [1.29, 1.82) is 0 Å². The van der Waals surface area contributed by atoms with E-state index in [-0.39, 0.29) is 23.8 Å². The number of amides is 3. The molecule has 3 rings (SSSR count). The quantitative estimate of drug-likeness (QED) is 0.744. The number of nitrogens with zero attached hydrogens (tertiary/aromatic N) is 3. The molecule has 0 aromatic heterocycles. The maximum Gasteiger partial charge on any atom is 0.270 e. The van der Waals surface area contributed by atoms with E-state index in [0.717, 1.165) is 32.2 Å². The minimum atomic E-state index is -0.151. The number of likely N-dealkylation sites (tertiary alicyclic amines) is 1. The molecule has 0 unspecified atom stereocenters. The lowest BCUT2D eigenvalue weighted by Crippen LogP contribution is -2.48. The fourth-order valence-corrected chi connectivity index (χ4v) is 3.61. The van der Waals surface area contributed by atoms with E-state index in [0.29, 0.717) is 51.3 Å². The Hall–Kier alpha value is -1.96. The first-order chi connectivity index (χ1) is 12.1. The highest BCUT2D eigenvalue weighted by Crippen LogP contribution is 2.18. The number of ether oxygens (including phenoxy) is 1. The third-order valence-corrected chi connectivity index (χ3v) is 5.04. The minimum absolute atomic E-state index is 0.0975. The lowest BCUT2D eigenvalue weighted by atomic mass is 10.0. The van der Waals surface area contributed by atoms with Crippen molar-refractivity contribution in [3.8, 4) is 0 Å². The van der Waals surface area contributed by atoms with Gasteiger partial charge >= 0.3 is 0 Å². The summed E-state index contributed by atoms with van der Waals surface area (Å²) in [4.78, 5) is 39.7. The van der Waals surface area contributed by atoms with Gasteiger partial charge in [-0.05, 0) is 25.7 Å². The monoisotopic (exact) mass is 350 g/mol. The first kappa shape index (κ1) is 17.8. The number of nitrogens with one attached hydrogen (secondary N) is 1. The molecule has 2 saturated heterocycles. The summed E-state index contributed by atoms with van der Waals surface area (Å²) in [7, 11) is 0. The lowest BCUT2D eigenvalue weighted by Gasteiger charge is -2.35. The van der Waals surface area contributed by atoms with Gasteiger partial charge in [0, 0.05) is 58.2 Å². The zero-order chi connectivity index (χ0) is 17.6. The van der Waals surface area contributed by atoms with E-state index in [1.807, 2.05) is 9.80 Å². The second-order valence-electron chi connectivity index (χ2n) is 6.77. The first-order valence-electron chi connectivity index (χ1n) is 9.17. The average Bonchev–Trinajstić information content (AvgIpc) is 3.04. The highest BCUT2D eigenvalue weighted by molar-refractivity contribution is 6.39. The van der Waals surface area contributed by atoms with Crippen LogP contribution in [-0.2, 0) is 19.1 Å². The summed E-state index contributed by atoms with van der Waals surface area (Å²) in [5.41, 5.74) is 2.82. The number of hydrogen-bond acceptors (Lipinski definition) is 5. The first-order valence-corrected chi connectivity index (χ1v) is 9.17. The fraction of sp³-hybridized carbons (Fsp3) is 0.765. The molecule has 3 aliphatic heterocycles. The van der Waals surface area contributed by atoms with Crippen molar-refractivity contribution in [1.82, 2.24) is 15.2 Å². The van der Waals surface area contributed by atoms with Crippen LogP contribution in [0.5, 0.6) is 0 Å². The van der Waals surface area contributed by atoms with Crippen LogP contribution < -0.4 is 5.43 Å². The molecule has 3 aliphatic rings. The smallest absolute Gasteiger partial charge is 0.270 e. The Balaban J connectivity index is 1.61. The summed E-state index contributed by atoms with van der Waals surface area (Å²) < 4.78 is 5.41. The SMILES string of the molecule is O=C1CCC(C(=O)N(CCCN2CCCC2=O)C2CCOCC2)=NN1. The molecule has 0 aliphatic carbocycles. The van der Waals surface area contributed by atoms with Gasteiger partial charge < -0.3 is 14.5 Å². The van der Waals surface area contributed by atoms with Crippen LogP contribution >= 0.6 is 0 Å². The highest BCUT2D eigenvalue weighted by Gasteiger charge is 2.30. The van der Waals surface area contributed by atoms with Crippen LogP contribution in [0.4, 0.5) is 0 Å². The van der Waals surface area contributed by atoms with Crippen molar-refractivity contribution >= 4 is 23.4 Å². The molecule has 8 nitrogen and oxygen atoms in total. The van der Waals surface area contributed by atoms with Crippen LogP contribution in [-0.4, -0.2) is 72.1 Å². The zero-order valence-corrected chi connectivity index (χ0v) is 14.5. The molecular weight excluding hydrogens is 324 g/mol. The Morgan fingerprint density at radius 2 is 2.04 bits per heavy atom. The van der Waals surface area contributed by atoms with Gasteiger partial charge in [-0.1, -0.05) is 0 Å². The Kier molecular flexibility index (Phi) is 6.01. The number of carbonyl (C=O) groups excluding carboxylic acids is 3. The lowest BCUT2D eigenvalue weighted by molar-refractivity contribution is -0.128. The summed E-state index contributed by atoms with van der Waals surface area (Å²) in [5.74, 6) is -0.0373. The Bertz CT molecular complexity index is 557. The standard InChI is InChI=1S/C17H26N4O4/c22-15-5-4-14(18-19-15)17(24)21(13-6-11-25-12-7-13)10-2-9-20-8-1-3-16(20)23/h13H,1-12H2,(H,19,22). The summed E-state index contributed by atoms with van der Waals surface area (Å²) >= 11 is 0. The molecule has 0 spiro atoms. The molecule has 3 amide bonds. The van der Waals surface area contributed by atoms with Crippen molar-refractivity contribution in [2.24, 2.45) is 5.10 Å². The predicted molar refractivity (Wildman–Crippen MR) is 90.8 cm³/mol. The van der Waals surface area contributed by atoms with Crippen LogP contribution in [0.15, 0.2) is 5.10 Å². The second kappa shape index (κ2) is 8.42. The summed E-state index contributed by atoms with van der Waals surface area (Å²) in [5, 5.41) is 3.95. The zero-order valence-electron chi connectivity index (χ0n) is 14.5. The predicted octanol–water partition coefficient (Wildman–Crippen LogP) is 0.273. The molecule has 2 fully saturated rings. The topological polar surface area (TPSA) is 91.3 Å². The van der Waals surface area contributed by atoms with E-state index < -0.39 is 0 Å². The molecule has 0 aromatic rings. The normalized spacial score (nSPS) is 21.9. The van der Waals surface area contributed by atoms with Gasteiger partial charge in [-0.15, -0.1) is 0 Å². The average molecular weight is 350 g/mol. The largest absolute Gasteiger partial charge is 0.381 e. The van der Waals surface area contributed by atoms with Crippen LogP contribution in [0.3, 0.4) is 0 Å². The van der Waals surface area contributed by atoms with Crippen LogP contribution in [0.25, 0.3) is 0 Å². The van der Waals surface area contributed by atoms with Gasteiger partial charge in [-0.3, -0.25) is 14.4 Å². The van der Waals surface area contributed by atoms with Crippen LogP contribution in [0.1, 0.15) is 44.9 Å². The van der Waals surface area contributed by atoms with E-state index >= 15 is 0 Å². The van der Waals surface area contributed by atoms with E-state index in [1.54, 1.807) is 0 Å². The number of hydrazone groups is 1. The van der Waals surface area contributed by atoms with E-state index in [4.69, 9.17) is 4.74 Å². The highest BCUT2D eigenvalue weighted by atomic mass is 16.5. The van der Waals surface area contributed by atoms with Crippen LogP contribution in [0, 0.1) is 0 Å². The van der Waals surface area contributed by atoms with Crippen molar-refractivity contribution < 1.29 is 19.1 Å². The molecule has 8 heteroatoms. The van der Waals surface area contributed by atoms with Gasteiger partial charge in [-0.2, -0.15) is 5.10 Å². The van der Waals surface area contributed by atoms with Gasteiger partial charge in [0.2, 0.25) is 11.8 Å². The van der Waals surface area contributed by atoms with E-state index in [1.165, 1.54) is 0 Å². The van der Waals surface area contributed by atoms with Gasteiger partial charge in [0.05, 0.1) is 0 Å². The minimum Gasteiger partial charge on any atom is -0.381 e. The molecule has 0 atom stereocenters. The Labute approximate surface area is 147 Å². The number of carbonyl (C=O) groups is 3. The van der Waals surface area contributed by atoms with Crippen molar-refractivity contribution in [3.05, 3.63) is 0 Å². The third kappa shape index (κ3) is 4.56. The van der Waals surface area contributed by atoms with Gasteiger partial charge in [0.15, 0.2) is 0 Å². The van der Waals surface area contributed by atoms with Crippen molar-refractivity contribution in [2.75, 3.05) is 32.8 Å². The number of hydrogen-bond donors (Lipinski definition) is 1. The summed E-state index contributed by atoms with van der Waals surface area (Å²) in [6.07, 6.45) is 4.64. The molecule has 0 aromatic carbocycles. The maximum absolute atomic E-state index is 12.9. The Morgan fingerprint density at radius 3 is 2.68 bits per heavy atom. The molecule has 3 heterocycles. The Morgan fingerprint density at radius 1 is 1.24 bits per heavy atom. The van der Waals surface area contributed by atoms with Gasteiger partial charge in [0.25, 0.3) is 5.91 Å². The maximum atomic E-state index is 12.9. The summed E-state index contributed by atoms with van der Waals surface area (Å²) in [6.45, 7) is 3.42. The van der Waals surface area contributed by atoms with E-state index in [2.05, 4.69) is 10.5 Å². The third-order valence-electron chi connectivity index (χ3n) is 5.04. The molecule has 0 bridgehead atoms. The van der Waals surface area contributed by atoms with E-state index in [9.17, 15) is 14.4 Å². The summed E-state index contributed by atoms with van der Waals surface area (Å²) in [6, 6.07) is 0.135.